The molecule has 0 radical (unpaired) electrons. The number of hydrogen-bond acceptors (Lipinski definition) is 6. The van der Waals surface area contributed by atoms with Crippen molar-refractivity contribution >= 4 is 20.4 Å². The highest BCUT2D eigenvalue weighted by molar-refractivity contribution is 6.74. The maximum absolute atomic E-state index is 13.7. The fourth-order valence-corrected chi connectivity index (χ4v) is 7.09. The average Bonchev–Trinajstić information content (AvgIpc) is 3.02. The molecule has 1 N–H and O–H groups in total. The Bertz CT molecular complexity index is 1570. The maximum atomic E-state index is 13.7. The molecule has 49 heavy (non-hydrogen) atoms. The first-order valence-electron chi connectivity index (χ1n) is 17.6. The predicted molar refractivity (Wildman–Crippen MR) is 198 cm³/mol. The zero-order valence-electron chi connectivity index (χ0n) is 31.0. The molecule has 0 spiro atoms. The Morgan fingerprint density at radius 1 is 0.959 bits per heavy atom. The second-order valence-corrected chi connectivity index (χ2v) is 20.6. The third-order valence-electron chi connectivity index (χ3n) is 9.69. The minimum atomic E-state index is -2.22. The maximum Gasteiger partial charge on any atom is 0.410 e. The van der Waals surface area contributed by atoms with Crippen LogP contribution >= 0.6 is 0 Å². The summed E-state index contributed by atoms with van der Waals surface area (Å²) in [6.07, 6.45) is 7.01. The van der Waals surface area contributed by atoms with Crippen LogP contribution in [0.25, 0.3) is 11.1 Å². The second kappa shape index (κ2) is 15.9. The molecule has 0 aliphatic heterocycles. The van der Waals surface area contributed by atoms with Crippen LogP contribution in [-0.4, -0.2) is 60.2 Å². The van der Waals surface area contributed by atoms with Gasteiger partial charge in [0.1, 0.15) is 16.9 Å². The lowest BCUT2D eigenvalue weighted by molar-refractivity contribution is 0.0157. The third kappa shape index (κ3) is 10.6. The van der Waals surface area contributed by atoms with Crippen LogP contribution in [-0.2, 0) is 15.6 Å². The van der Waals surface area contributed by atoms with Crippen molar-refractivity contribution in [3.63, 3.8) is 0 Å². The number of rotatable bonds is 12. The Balaban J connectivity index is 1.56. The lowest BCUT2D eigenvalue weighted by Crippen LogP contribution is -2.46. The number of carboxylic acids is 1. The van der Waals surface area contributed by atoms with Gasteiger partial charge in [-0.15, -0.1) is 0 Å². The molecule has 1 fully saturated rings. The molecule has 1 saturated carbocycles. The predicted octanol–water partition coefficient (Wildman–Crippen LogP) is 10.0. The zero-order chi connectivity index (χ0) is 36.0. The minimum absolute atomic E-state index is 0.0173. The number of ether oxygens (including phenoxy) is 2. The van der Waals surface area contributed by atoms with Gasteiger partial charge in [0.15, 0.2) is 8.32 Å². The topological polar surface area (TPSA) is 98.2 Å². The molecule has 8 nitrogen and oxygen atoms in total. The van der Waals surface area contributed by atoms with E-state index in [-0.39, 0.29) is 28.9 Å². The first-order valence-corrected chi connectivity index (χ1v) is 20.5. The summed E-state index contributed by atoms with van der Waals surface area (Å²) in [4.78, 5) is 31.9. The van der Waals surface area contributed by atoms with Gasteiger partial charge in [0.25, 0.3) is 0 Å². The van der Waals surface area contributed by atoms with Crippen molar-refractivity contribution in [3.8, 4) is 16.9 Å². The lowest BCUT2D eigenvalue weighted by atomic mass is 9.97. The fraction of sp³-hybridized carbons (Fsp3) is 0.525. The van der Waals surface area contributed by atoms with Crippen LogP contribution in [0.1, 0.15) is 107 Å². The number of nitrogens with zero attached hydrogens (tertiary/aromatic N) is 2. The number of amides is 1. The molecule has 9 heteroatoms. The Hall–Kier alpha value is -3.69. The summed E-state index contributed by atoms with van der Waals surface area (Å²) in [6.45, 7) is 19.5. The van der Waals surface area contributed by atoms with Gasteiger partial charge in [-0.1, -0.05) is 63.6 Å². The van der Waals surface area contributed by atoms with Crippen molar-refractivity contribution in [1.82, 2.24) is 9.88 Å². The molecule has 1 amide bonds. The number of carbonyl (C=O) groups is 2. The molecule has 1 aliphatic rings. The molecule has 1 aromatic heterocycles. The van der Waals surface area contributed by atoms with Crippen molar-refractivity contribution in [3.05, 3.63) is 83.2 Å². The van der Waals surface area contributed by atoms with Gasteiger partial charge < -0.3 is 23.9 Å². The fourth-order valence-electron chi connectivity index (χ4n) is 5.82. The van der Waals surface area contributed by atoms with Crippen LogP contribution in [0.5, 0.6) is 5.75 Å². The third-order valence-corrected chi connectivity index (χ3v) is 14.2. The van der Waals surface area contributed by atoms with E-state index >= 15 is 0 Å². The molecule has 2 aromatic carbocycles. The van der Waals surface area contributed by atoms with Crippen molar-refractivity contribution < 1.29 is 28.6 Å². The largest absolute Gasteiger partial charge is 0.490 e. The van der Waals surface area contributed by atoms with Crippen LogP contribution < -0.4 is 4.74 Å². The van der Waals surface area contributed by atoms with Gasteiger partial charge in [-0.05, 0) is 113 Å². The second-order valence-electron chi connectivity index (χ2n) is 15.8. The molecule has 4 rings (SSSR count). The van der Waals surface area contributed by atoms with E-state index in [9.17, 15) is 14.7 Å². The summed E-state index contributed by atoms with van der Waals surface area (Å²) < 4.78 is 19.1. The van der Waals surface area contributed by atoms with Crippen LogP contribution in [0.3, 0.4) is 0 Å². The monoisotopic (exact) mass is 688 g/mol. The van der Waals surface area contributed by atoms with Gasteiger partial charge >= 0.3 is 12.1 Å². The number of carboxylic acid groups (broad SMARTS) is 1. The zero-order valence-corrected chi connectivity index (χ0v) is 32.0. The van der Waals surface area contributed by atoms with Crippen molar-refractivity contribution in [1.29, 1.82) is 0 Å². The molecule has 0 unspecified atom stereocenters. The van der Waals surface area contributed by atoms with Gasteiger partial charge in [0, 0.05) is 24.0 Å². The first kappa shape index (κ1) is 38.1. The van der Waals surface area contributed by atoms with Crippen molar-refractivity contribution in [2.45, 2.75) is 123 Å². The molecule has 3 aromatic rings. The van der Waals surface area contributed by atoms with E-state index in [4.69, 9.17) is 13.9 Å². The summed E-state index contributed by atoms with van der Waals surface area (Å²) in [6, 6.07) is 17.5. The number of hydrogen-bond donors (Lipinski definition) is 1. The van der Waals surface area contributed by atoms with Crippen molar-refractivity contribution in [2.24, 2.45) is 0 Å². The average molecular weight is 689 g/mol. The van der Waals surface area contributed by atoms with Gasteiger partial charge in [-0.3, -0.25) is 4.98 Å². The molecule has 266 valence electrons. The highest BCUT2D eigenvalue weighted by Gasteiger charge is 2.40. The Morgan fingerprint density at radius 3 is 2.20 bits per heavy atom. The Morgan fingerprint density at radius 2 is 1.61 bits per heavy atom. The number of aryl methyl sites for hydroxylation is 1. The van der Waals surface area contributed by atoms with Gasteiger partial charge in [-0.25, -0.2) is 9.59 Å². The van der Waals surface area contributed by atoms with Gasteiger partial charge in [0.2, 0.25) is 0 Å². The van der Waals surface area contributed by atoms with Gasteiger partial charge in [-0.2, -0.15) is 0 Å². The summed E-state index contributed by atoms with van der Waals surface area (Å²) in [5.74, 6) is -0.565. The molecule has 1 atom stereocenters. The van der Waals surface area contributed by atoms with E-state index < -0.39 is 19.9 Å². The number of pyridine rings is 1. The van der Waals surface area contributed by atoms with E-state index in [1.165, 1.54) is 6.42 Å². The number of carbonyl (C=O) groups excluding carboxylic acids is 1. The van der Waals surface area contributed by atoms with E-state index in [1.807, 2.05) is 64.1 Å². The first-order chi connectivity index (χ1) is 22.9. The smallest absolute Gasteiger partial charge is 0.410 e. The number of aromatic carboxylic acids is 1. The molecular weight excluding hydrogens is 633 g/mol. The van der Waals surface area contributed by atoms with Crippen LogP contribution in [0.15, 0.2) is 60.8 Å². The molecule has 1 aliphatic carbocycles. The summed E-state index contributed by atoms with van der Waals surface area (Å²) in [5.41, 5.74) is 4.33. The molecule has 1 heterocycles. The number of benzene rings is 2. The van der Waals surface area contributed by atoms with Gasteiger partial charge in [0.05, 0.1) is 18.8 Å². The van der Waals surface area contributed by atoms with Crippen molar-refractivity contribution in [2.75, 3.05) is 13.1 Å². The van der Waals surface area contributed by atoms with Crippen LogP contribution in [0.4, 0.5) is 4.79 Å². The molecular formula is C40H56N2O6Si. The summed E-state index contributed by atoms with van der Waals surface area (Å²) >= 11 is 0. The SMILES string of the molecule is Cc1ncccc1[C@H](CN(CCc1ccc(-c2ccc(C(=O)O)c(OC3CCCCC3)c2)cc1)C(=O)OC(C)(C)C)O[Si](C)(C)C(C)(C)C. The van der Waals surface area contributed by atoms with Crippen LogP contribution in [0.2, 0.25) is 18.1 Å². The standard InChI is InChI=1S/C40H56N2O6Si/c1-28-33(16-13-24-41-28)36(48-49(8,9)40(5,6)7)27-42(38(45)47-39(2,3)4)25-23-29-17-19-30(20-18-29)31-21-22-34(37(43)44)35(26-31)46-32-14-11-10-12-15-32/h13,16-22,24,26,32,36H,10-12,14-15,23,25,27H2,1-9H3,(H,43,44)/t36-/m0/s1. The van der Waals surface area contributed by atoms with E-state index in [2.05, 4.69) is 51.0 Å². The minimum Gasteiger partial charge on any atom is -0.490 e. The summed E-state index contributed by atoms with van der Waals surface area (Å²) in [7, 11) is -2.22. The van der Waals surface area contributed by atoms with E-state index in [0.29, 0.717) is 25.3 Å². The van der Waals surface area contributed by atoms with Crippen LogP contribution in [0, 0.1) is 6.92 Å². The van der Waals surface area contributed by atoms with E-state index in [1.54, 1.807) is 17.2 Å². The Kier molecular flexibility index (Phi) is 12.4. The molecule has 0 bridgehead atoms. The summed E-state index contributed by atoms with van der Waals surface area (Å²) in [5, 5.41) is 9.78. The lowest BCUT2D eigenvalue weighted by Gasteiger charge is -2.41. The highest BCUT2D eigenvalue weighted by atomic mass is 28.4. The Labute approximate surface area is 294 Å². The normalized spacial score (nSPS) is 15.0. The quantitative estimate of drug-likeness (QED) is 0.189. The van der Waals surface area contributed by atoms with E-state index in [0.717, 1.165) is 53.6 Å². The molecule has 0 saturated heterocycles. The number of aromatic nitrogens is 1. The highest BCUT2D eigenvalue weighted by Crippen LogP contribution is 2.40.